The summed E-state index contributed by atoms with van der Waals surface area (Å²) in [6.45, 7) is 0. The molecule has 32 heavy (non-hydrogen) atoms. The van der Waals surface area contributed by atoms with E-state index in [4.69, 9.17) is 4.74 Å². The number of H-pyrrole nitrogens is 1. The molecule has 4 aromatic rings. The maximum Gasteiger partial charge on any atom is 0.322 e. The van der Waals surface area contributed by atoms with Gasteiger partial charge in [0.15, 0.2) is 0 Å². The van der Waals surface area contributed by atoms with Gasteiger partial charge in [-0.15, -0.1) is 0 Å². The lowest BCUT2D eigenvalue weighted by atomic mass is 10.1. The zero-order valence-electron chi connectivity index (χ0n) is 16.6. The Hall–Kier alpha value is -3.27. The molecule has 1 aliphatic heterocycles. The van der Waals surface area contributed by atoms with Crippen LogP contribution in [-0.2, 0) is 21.2 Å². The lowest BCUT2D eigenvalue weighted by Gasteiger charge is -2.20. The Balaban J connectivity index is 1.41. The Morgan fingerprint density at radius 1 is 1.03 bits per heavy atom. The summed E-state index contributed by atoms with van der Waals surface area (Å²) in [5.74, 6) is 0.0214. The smallest absolute Gasteiger partial charge is 0.322 e. The number of aromatic amines is 1. The molecule has 0 unspecified atom stereocenters. The summed E-state index contributed by atoms with van der Waals surface area (Å²) in [4.78, 5) is 16.5. The molecule has 1 atom stereocenters. The van der Waals surface area contributed by atoms with Crippen LogP contribution in [0.15, 0.2) is 87.6 Å². The van der Waals surface area contributed by atoms with Gasteiger partial charge in [0.25, 0.3) is 0 Å². The normalized spacial score (nSPS) is 13.8. The van der Waals surface area contributed by atoms with Crippen molar-refractivity contribution in [3.8, 4) is 11.5 Å². The van der Waals surface area contributed by atoms with E-state index < -0.39 is 22.0 Å². The van der Waals surface area contributed by atoms with Crippen LogP contribution in [0, 0.1) is 0 Å². The lowest BCUT2D eigenvalue weighted by Crippen LogP contribution is -2.42. The minimum absolute atomic E-state index is 0.00868. The van der Waals surface area contributed by atoms with Crippen molar-refractivity contribution in [1.82, 2.24) is 9.71 Å². The number of hydrogen-bond donors (Lipinski definition) is 3. The zero-order valence-corrected chi connectivity index (χ0v) is 18.2. The fourth-order valence-corrected chi connectivity index (χ4v) is 5.91. The first-order valence-electron chi connectivity index (χ1n) is 9.80. The number of carboxylic acid groups (broad SMARTS) is 1. The van der Waals surface area contributed by atoms with E-state index in [1.807, 2.05) is 48.5 Å². The number of nitrogens with one attached hydrogen (secondary N) is 2. The molecule has 5 rings (SSSR count). The predicted molar refractivity (Wildman–Crippen MR) is 121 cm³/mol. The first-order valence-corrected chi connectivity index (χ1v) is 12.1. The van der Waals surface area contributed by atoms with Crippen molar-refractivity contribution >= 4 is 38.7 Å². The molecule has 3 aromatic carbocycles. The van der Waals surface area contributed by atoms with E-state index in [-0.39, 0.29) is 11.3 Å². The summed E-state index contributed by atoms with van der Waals surface area (Å²) in [5, 5.41) is 10.6. The van der Waals surface area contributed by atoms with Gasteiger partial charge in [-0.25, -0.2) is 8.42 Å². The number of para-hydroxylation sites is 2. The number of fused-ring (bicyclic) bond motifs is 3. The van der Waals surface area contributed by atoms with Crippen LogP contribution < -0.4 is 9.46 Å². The summed E-state index contributed by atoms with van der Waals surface area (Å²) in [6, 6.07) is 18.1. The van der Waals surface area contributed by atoms with E-state index in [0.29, 0.717) is 16.4 Å². The van der Waals surface area contributed by atoms with E-state index in [1.165, 1.54) is 23.9 Å². The Morgan fingerprint density at radius 3 is 2.62 bits per heavy atom. The lowest BCUT2D eigenvalue weighted by molar-refractivity contribution is -0.138. The number of aromatic nitrogens is 1. The standard InChI is InChI=1S/C23H18N2O5S2/c26-23(27)18(11-14-13-24-17-6-2-1-5-16(14)17)25-32(28,29)15-9-10-20-22(12-15)31-21-8-4-3-7-19(21)30-20/h1-10,12-13,18,24-25H,11H2,(H,26,27)/t18-/m0/s1. The summed E-state index contributed by atoms with van der Waals surface area (Å²) in [7, 11) is -4.08. The van der Waals surface area contributed by atoms with Crippen LogP contribution in [0.3, 0.4) is 0 Å². The molecule has 0 aliphatic carbocycles. The Labute approximate surface area is 188 Å². The molecular weight excluding hydrogens is 448 g/mol. The maximum atomic E-state index is 13.0. The molecule has 1 aromatic heterocycles. The molecule has 2 heterocycles. The van der Waals surface area contributed by atoms with Crippen molar-refractivity contribution in [3.05, 3.63) is 78.5 Å². The van der Waals surface area contributed by atoms with E-state index in [9.17, 15) is 18.3 Å². The Morgan fingerprint density at radius 2 is 1.78 bits per heavy atom. The predicted octanol–water partition coefficient (Wildman–Crippen LogP) is 4.40. The van der Waals surface area contributed by atoms with E-state index in [2.05, 4.69) is 9.71 Å². The van der Waals surface area contributed by atoms with Gasteiger partial charge in [0.05, 0.1) is 14.7 Å². The van der Waals surface area contributed by atoms with Crippen LogP contribution in [0.1, 0.15) is 5.56 Å². The monoisotopic (exact) mass is 466 g/mol. The van der Waals surface area contributed by atoms with Gasteiger partial charge in [-0.05, 0) is 42.0 Å². The minimum Gasteiger partial charge on any atom is -0.480 e. The largest absolute Gasteiger partial charge is 0.480 e. The van der Waals surface area contributed by atoms with Crippen molar-refractivity contribution in [2.45, 2.75) is 27.1 Å². The van der Waals surface area contributed by atoms with Gasteiger partial charge >= 0.3 is 5.97 Å². The van der Waals surface area contributed by atoms with Gasteiger partial charge in [-0.1, -0.05) is 42.1 Å². The van der Waals surface area contributed by atoms with Gasteiger partial charge in [-0.2, -0.15) is 4.72 Å². The molecule has 3 N–H and O–H groups in total. The minimum atomic E-state index is -4.08. The fraction of sp³-hybridized carbons (Fsp3) is 0.0870. The summed E-state index contributed by atoms with van der Waals surface area (Å²) >= 11 is 1.41. The molecule has 0 spiro atoms. The molecule has 0 radical (unpaired) electrons. The number of benzene rings is 3. The first kappa shape index (κ1) is 20.6. The second-order valence-electron chi connectivity index (χ2n) is 7.34. The maximum absolute atomic E-state index is 13.0. The van der Waals surface area contributed by atoms with Crippen LogP contribution >= 0.6 is 11.8 Å². The number of carboxylic acids is 1. The third-order valence-corrected chi connectivity index (χ3v) is 7.77. The summed E-state index contributed by atoms with van der Waals surface area (Å²) in [5.41, 5.74) is 1.59. The van der Waals surface area contributed by atoms with Crippen molar-refractivity contribution in [2.24, 2.45) is 0 Å². The molecule has 0 bridgehead atoms. The SMILES string of the molecule is O=C(O)[C@H](Cc1c[nH]c2ccccc12)NS(=O)(=O)c1ccc2c(c1)Sc1ccccc1O2. The van der Waals surface area contributed by atoms with E-state index >= 15 is 0 Å². The van der Waals surface area contributed by atoms with Gasteiger partial charge in [0.1, 0.15) is 17.5 Å². The highest BCUT2D eigenvalue weighted by molar-refractivity contribution is 7.99. The van der Waals surface area contributed by atoms with Crippen LogP contribution in [0.5, 0.6) is 11.5 Å². The zero-order chi connectivity index (χ0) is 22.3. The second-order valence-corrected chi connectivity index (χ2v) is 10.1. The average Bonchev–Trinajstić information content (AvgIpc) is 3.19. The fourth-order valence-electron chi connectivity index (χ4n) is 3.63. The first-order chi connectivity index (χ1) is 15.4. The molecule has 0 saturated carbocycles. The van der Waals surface area contributed by atoms with Crippen LogP contribution in [0.2, 0.25) is 0 Å². The van der Waals surface area contributed by atoms with Crippen LogP contribution in [0.25, 0.3) is 10.9 Å². The van der Waals surface area contributed by atoms with Crippen LogP contribution in [0.4, 0.5) is 0 Å². The number of aliphatic carboxylic acids is 1. The molecular formula is C23H18N2O5S2. The number of carbonyl (C=O) groups is 1. The number of sulfonamides is 1. The number of hydrogen-bond acceptors (Lipinski definition) is 5. The van der Waals surface area contributed by atoms with Crippen molar-refractivity contribution < 1.29 is 23.1 Å². The van der Waals surface area contributed by atoms with Crippen LogP contribution in [-0.4, -0.2) is 30.5 Å². The van der Waals surface area contributed by atoms with Gasteiger partial charge in [-0.3, -0.25) is 4.79 Å². The molecule has 7 nitrogen and oxygen atoms in total. The van der Waals surface area contributed by atoms with Crippen molar-refractivity contribution in [1.29, 1.82) is 0 Å². The average molecular weight is 467 g/mol. The molecule has 162 valence electrons. The molecule has 0 fully saturated rings. The summed E-state index contributed by atoms with van der Waals surface area (Å²) in [6.07, 6.45) is 1.72. The highest BCUT2D eigenvalue weighted by atomic mass is 32.2. The number of rotatable bonds is 6. The topological polar surface area (TPSA) is 108 Å². The third kappa shape index (κ3) is 3.86. The van der Waals surface area contributed by atoms with Gasteiger partial charge in [0.2, 0.25) is 10.0 Å². The second kappa shape index (κ2) is 8.01. The quantitative estimate of drug-likeness (QED) is 0.342. The molecule has 9 heteroatoms. The van der Waals surface area contributed by atoms with E-state index in [1.54, 1.807) is 12.3 Å². The third-order valence-electron chi connectivity index (χ3n) is 5.21. The van der Waals surface area contributed by atoms with Gasteiger partial charge in [0, 0.05) is 23.5 Å². The van der Waals surface area contributed by atoms with Crippen molar-refractivity contribution in [2.75, 3.05) is 0 Å². The van der Waals surface area contributed by atoms with Crippen molar-refractivity contribution in [3.63, 3.8) is 0 Å². The molecule has 0 amide bonds. The Kier molecular flexibility index (Phi) is 5.16. The number of ether oxygens (including phenoxy) is 1. The Bertz CT molecular complexity index is 1450. The molecule has 0 saturated heterocycles. The van der Waals surface area contributed by atoms with E-state index in [0.717, 1.165) is 21.4 Å². The highest BCUT2D eigenvalue weighted by Gasteiger charge is 2.28. The molecule has 1 aliphatic rings. The highest BCUT2D eigenvalue weighted by Crippen LogP contribution is 2.47. The van der Waals surface area contributed by atoms with Gasteiger partial charge < -0.3 is 14.8 Å². The summed E-state index contributed by atoms with van der Waals surface area (Å²) < 4.78 is 34.3.